The maximum Gasteiger partial charge on any atom is 0.272 e. The molecule has 2 nitrogen and oxygen atoms in total. The van der Waals surface area contributed by atoms with E-state index in [4.69, 9.17) is 0 Å². The van der Waals surface area contributed by atoms with Crippen LogP contribution in [-0.4, -0.2) is 14.7 Å². The van der Waals surface area contributed by atoms with Crippen LogP contribution in [0, 0.1) is 0 Å². The molecule has 0 saturated heterocycles. The maximum absolute atomic E-state index is 12.0. The molecule has 0 atom stereocenters. The summed E-state index contributed by atoms with van der Waals surface area (Å²) in [4.78, 5) is -0.213. The second kappa shape index (κ2) is 3.10. The highest BCUT2D eigenvalue weighted by Gasteiger charge is 2.15. The van der Waals surface area contributed by atoms with Crippen LogP contribution in [0.1, 0.15) is 11.3 Å². The standard InChI is InChI=1S/C6H6F2O2S2/c1-12(9,10)5-3-2-4(11-5)6(7)8/h2-3,6H,1H3. The van der Waals surface area contributed by atoms with Crippen LogP contribution >= 0.6 is 11.3 Å². The Balaban J connectivity index is 3.09. The molecule has 12 heavy (non-hydrogen) atoms. The van der Waals surface area contributed by atoms with E-state index in [2.05, 4.69) is 0 Å². The molecule has 1 aromatic rings. The predicted octanol–water partition coefficient (Wildman–Crippen LogP) is 2.09. The third-order valence-corrected chi connectivity index (χ3v) is 4.10. The van der Waals surface area contributed by atoms with E-state index in [1.165, 1.54) is 6.07 Å². The Morgan fingerprint density at radius 3 is 2.25 bits per heavy atom. The van der Waals surface area contributed by atoms with E-state index in [-0.39, 0.29) is 9.09 Å². The molecule has 0 saturated carbocycles. The average molecular weight is 212 g/mol. The van der Waals surface area contributed by atoms with Crippen molar-refractivity contribution in [1.29, 1.82) is 0 Å². The zero-order valence-electron chi connectivity index (χ0n) is 6.12. The normalized spacial score (nSPS) is 12.3. The lowest BCUT2D eigenvalue weighted by atomic mass is 10.5. The van der Waals surface area contributed by atoms with Gasteiger partial charge in [0.2, 0.25) is 0 Å². The summed E-state index contributed by atoms with van der Waals surface area (Å²) >= 11 is 0.610. The van der Waals surface area contributed by atoms with Gasteiger partial charge in [-0.15, -0.1) is 11.3 Å². The van der Waals surface area contributed by atoms with E-state index in [1.54, 1.807) is 0 Å². The zero-order valence-corrected chi connectivity index (χ0v) is 7.75. The quantitative estimate of drug-likeness (QED) is 0.752. The molecule has 0 N–H and O–H groups in total. The van der Waals surface area contributed by atoms with Crippen LogP contribution in [-0.2, 0) is 9.84 Å². The molecule has 0 fully saturated rings. The third-order valence-electron chi connectivity index (χ3n) is 1.18. The van der Waals surface area contributed by atoms with Crippen molar-refractivity contribution in [3.8, 4) is 0 Å². The van der Waals surface area contributed by atoms with Gasteiger partial charge in [-0.05, 0) is 12.1 Å². The van der Waals surface area contributed by atoms with Crippen LogP contribution in [0.15, 0.2) is 16.3 Å². The van der Waals surface area contributed by atoms with Crippen LogP contribution in [0.4, 0.5) is 8.78 Å². The summed E-state index contributed by atoms with van der Waals surface area (Å²) in [5.41, 5.74) is 0. The molecule has 0 aliphatic carbocycles. The monoisotopic (exact) mass is 212 g/mol. The maximum atomic E-state index is 12.0. The number of sulfone groups is 1. The van der Waals surface area contributed by atoms with Crippen LogP contribution in [0.3, 0.4) is 0 Å². The first-order valence-electron chi connectivity index (χ1n) is 2.99. The Kier molecular flexibility index (Phi) is 2.48. The highest BCUT2D eigenvalue weighted by molar-refractivity contribution is 7.92. The minimum absolute atomic E-state index is 0.0159. The molecule has 1 heterocycles. The van der Waals surface area contributed by atoms with Gasteiger partial charge in [0.05, 0.1) is 4.88 Å². The fourth-order valence-electron chi connectivity index (χ4n) is 0.651. The van der Waals surface area contributed by atoms with Gasteiger partial charge in [0.15, 0.2) is 9.84 Å². The summed E-state index contributed by atoms with van der Waals surface area (Å²) < 4.78 is 45.6. The summed E-state index contributed by atoms with van der Waals surface area (Å²) in [6.07, 6.45) is -1.60. The first kappa shape index (κ1) is 9.60. The van der Waals surface area contributed by atoms with Crippen LogP contribution < -0.4 is 0 Å². The average Bonchev–Trinajstić information content (AvgIpc) is 2.30. The Labute approximate surface area is 72.8 Å². The first-order valence-corrected chi connectivity index (χ1v) is 5.70. The number of alkyl halides is 2. The highest BCUT2D eigenvalue weighted by Crippen LogP contribution is 2.29. The number of thiophene rings is 1. The fourth-order valence-corrected chi connectivity index (χ4v) is 2.45. The smallest absolute Gasteiger partial charge is 0.223 e. The van der Waals surface area contributed by atoms with Crippen molar-refractivity contribution < 1.29 is 17.2 Å². The highest BCUT2D eigenvalue weighted by atomic mass is 32.2. The van der Waals surface area contributed by atoms with E-state index in [1.807, 2.05) is 0 Å². The summed E-state index contributed by atoms with van der Waals surface area (Å²) in [6.45, 7) is 0. The zero-order chi connectivity index (χ0) is 9.35. The lowest BCUT2D eigenvalue weighted by molar-refractivity contribution is 0.155. The van der Waals surface area contributed by atoms with Crippen molar-refractivity contribution >= 4 is 21.2 Å². The van der Waals surface area contributed by atoms with Crippen molar-refractivity contribution in [1.82, 2.24) is 0 Å². The fraction of sp³-hybridized carbons (Fsp3) is 0.333. The largest absolute Gasteiger partial charge is 0.272 e. The molecule has 68 valence electrons. The Hall–Kier alpha value is -0.490. The molecule has 6 heteroatoms. The molecular formula is C6H6F2O2S2. The molecule has 0 radical (unpaired) electrons. The van der Waals surface area contributed by atoms with Crippen LogP contribution in [0.2, 0.25) is 0 Å². The van der Waals surface area contributed by atoms with Gasteiger partial charge in [-0.2, -0.15) is 0 Å². The molecule has 0 aliphatic heterocycles. The van der Waals surface area contributed by atoms with Gasteiger partial charge in [-0.25, -0.2) is 17.2 Å². The van der Waals surface area contributed by atoms with E-state index in [0.717, 1.165) is 12.3 Å². The van der Waals surface area contributed by atoms with Gasteiger partial charge in [0, 0.05) is 6.26 Å². The van der Waals surface area contributed by atoms with Crippen molar-refractivity contribution in [2.24, 2.45) is 0 Å². The minimum Gasteiger partial charge on any atom is -0.223 e. The van der Waals surface area contributed by atoms with Crippen molar-refractivity contribution in [2.45, 2.75) is 10.6 Å². The number of rotatable bonds is 2. The van der Waals surface area contributed by atoms with Gasteiger partial charge in [0.25, 0.3) is 6.43 Å². The Morgan fingerprint density at radius 1 is 1.42 bits per heavy atom. The van der Waals surface area contributed by atoms with E-state index >= 15 is 0 Å². The molecular weight excluding hydrogens is 206 g/mol. The molecule has 0 aliphatic rings. The minimum atomic E-state index is -3.33. The van der Waals surface area contributed by atoms with Gasteiger partial charge in [0.1, 0.15) is 4.21 Å². The van der Waals surface area contributed by atoms with Gasteiger partial charge in [-0.3, -0.25) is 0 Å². The topological polar surface area (TPSA) is 34.1 Å². The lowest BCUT2D eigenvalue weighted by Crippen LogP contribution is -1.91. The molecule has 0 amide bonds. The van der Waals surface area contributed by atoms with Crippen molar-refractivity contribution in [2.75, 3.05) is 6.26 Å². The second-order valence-electron chi connectivity index (χ2n) is 2.23. The number of halogens is 2. The van der Waals surface area contributed by atoms with E-state index in [9.17, 15) is 17.2 Å². The molecule has 0 aromatic carbocycles. The van der Waals surface area contributed by atoms with Gasteiger partial charge >= 0.3 is 0 Å². The summed E-state index contributed by atoms with van der Waals surface area (Å²) in [5, 5.41) is 0. The lowest BCUT2D eigenvalue weighted by Gasteiger charge is -1.91. The summed E-state index contributed by atoms with van der Waals surface area (Å²) in [7, 11) is -3.33. The summed E-state index contributed by atoms with van der Waals surface area (Å²) in [6, 6.07) is 2.33. The molecule has 1 aromatic heterocycles. The second-order valence-corrected chi connectivity index (χ2v) is 5.59. The predicted molar refractivity (Wildman–Crippen MR) is 42.4 cm³/mol. The number of hydrogen-bond acceptors (Lipinski definition) is 3. The first-order chi connectivity index (χ1) is 5.41. The molecule has 0 unspecified atom stereocenters. The van der Waals surface area contributed by atoms with Crippen molar-refractivity contribution in [3.05, 3.63) is 17.0 Å². The van der Waals surface area contributed by atoms with Gasteiger partial charge in [-0.1, -0.05) is 0 Å². The number of hydrogen-bond donors (Lipinski definition) is 0. The van der Waals surface area contributed by atoms with Crippen LogP contribution in [0.25, 0.3) is 0 Å². The SMILES string of the molecule is CS(=O)(=O)c1ccc(C(F)F)s1. The van der Waals surface area contributed by atoms with Gasteiger partial charge < -0.3 is 0 Å². The third kappa shape index (κ3) is 2.01. The molecule has 0 spiro atoms. The van der Waals surface area contributed by atoms with E-state index in [0.29, 0.717) is 11.3 Å². The van der Waals surface area contributed by atoms with Crippen LogP contribution in [0.5, 0.6) is 0 Å². The molecule has 1 rings (SSSR count). The Bertz CT molecular complexity index is 367. The van der Waals surface area contributed by atoms with E-state index < -0.39 is 16.3 Å². The summed E-state index contributed by atoms with van der Waals surface area (Å²) in [5.74, 6) is 0. The molecule has 0 bridgehead atoms. The van der Waals surface area contributed by atoms with Crippen molar-refractivity contribution in [3.63, 3.8) is 0 Å². The Morgan fingerprint density at radius 2 is 2.00 bits per heavy atom.